The van der Waals surface area contributed by atoms with Crippen LogP contribution >= 0.6 is 22.9 Å². The lowest BCUT2D eigenvalue weighted by molar-refractivity contribution is 0.0998. The standard InChI is InChI=1S/C24H23ClN2O2S/c1-24(2,3)15-6-9-17-18(13-26)23(30-21(17)12-15)27-22(28)20-11-10-19(29-20)14-4-7-16(25)8-5-14/h4-5,7-8,10-11,15H,6,9,12H2,1-3H3,(H,27,28). The normalized spacial score (nSPS) is 16.0. The van der Waals surface area contributed by atoms with Gasteiger partial charge in [-0.1, -0.05) is 32.4 Å². The Bertz CT molecular complexity index is 1130. The topological polar surface area (TPSA) is 66.0 Å². The number of halogens is 1. The van der Waals surface area contributed by atoms with Crippen LogP contribution in [-0.4, -0.2) is 5.91 Å². The predicted molar refractivity (Wildman–Crippen MR) is 121 cm³/mol. The molecule has 2 heterocycles. The summed E-state index contributed by atoms with van der Waals surface area (Å²) >= 11 is 7.45. The van der Waals surface area contributed by atoms with Crippen molar-refractivity contribution in [3.05, 3.63) is 63.2 Å². The summed E-state index contributed by atoms with van der Waals surface area (Å²) in [6.07, 6.45) is 2.90. The number of hydrogen-bond acceptors (Lipinski definition) is 4. The molecule has 1 aliphatic rings. The van der Waals surface area contributed by atoms with Crippen LogP contribution in [0.5, 0.6) is 0 Å². The van der Waals surface area contributed by atoms with Crippen LogP contribution in [-0.2, 0) is 12.8 Å². The van der Waals surface area contributed by atoms with Crippen molar-refractivity contribution in [2.24, 2.45) is 11.3 Å². The highest BCUT2D eigenvalue weighted by Gasteiger charge is 2.32. The second-order valence-corrected chi connectivity index (χ2v) is 10.3. The first-order valence-corrected chi connectivity index (χ1v) is 11.2. The number of rotatable bonds is 3. The Morgan fingerprint density at radius 3 is 2.63 bits per heavy atom. The number of anilines is 1. The first-order chi connectivity index (χ1) is 14.3. The molecule has 0 fully saturated rings. The van der Waals surface area contributed by atoms with E-state index in [1.807, 2.05) is 12.1 Å². The fourth-order valence-corrected chi connectivity index (χ4v) is 5.32. The number of nitrogens with zero attached hydrogens (tertiary/aromatic N) is 1. The maximum atomic E-state index is 12.8. The van der Waals surface area contributed by atoms with E-state index in [2.05, 4.69) is 32.2 Å². The molecule has 0 saturated heterocycles. The predicted octanol–water partition coefficient (Wildman–Crippen LogP) is 6.94. The molecule has 30 heavy (non-hydrogen) atoms. The van der Waals surface area contributed by atoms with Gasteiger partial charge in [0.15, 0.2) is 5.76 Å². The van der Waals surface area contributed by atoms with Gasteiger partial charge in [-0.2, -0.15) is 5.26 Å². The molecule has 1 N–H and O–H groups in total. The highest BCUT2D eigenvalue weighted by molar-refractivity contribution is 7.16. The lowest BCUT2D eigenvalue weighted by Crippen LogP contribution is -2.26. The number of nitrogens with one attached hydrogen (secondary N) is 1. The van der Waals surface area contributed by atoms with E-state index >= 15 is 0 Å². The summed E-state index contributed by atoms with van der Waals surface area (Å²) in [6.45, 7) is 6.79. The summed E-state index contributed by atoms with van der Waals surface area (Å²) in [7, 11) is 0. The van der Waals surface area contributed by atoms with Crippen molar-refractivity contribution >= 4 is 33.8 Å². The van der Waals surface area contributed by atoms with E-state index in [4.69, 9.17) is 16.0 Å². The number of thiophene rings is 1. The molecule has 4 rings (SSSR count). The zero-order valence-electron chi connectivity index (χ0n) is 17.2. The van der Waals surface area contributed by atoms with Gasteiger partial charge in [-0.3, -0.25) is 4.79 Å². The maximum Gasteiger partial charge on any atom is 0.292 e. The molecule has 3 aromatic rings. The summed E-state index contributed by atoms with van der Waals surface area (Å²) in [4.78, 5) is 14.0. The smallest absolute Gasteiger partial charge is 0.292 e. The summed E-state index contributed by atoms with van der Waals surface area (Å²) in [5, 5.41) is 13.9. The number of hydrogen-bond donors (Lipinski definition) is 1. The van der Waals surface area contributed by atoms with Gasteiger partial charge in [0.05, 0.1) is 5.56 Å². The van der Waals surface area contributed by atoms with E-state index in [0.29, 0.717) is 27.3 Å². The average Bonchev–Trinajstić information content (AvgIpc) is 3.31. The van der Waals surface area contributed by atoms with Crippen LogP contribution in [0.1, 0.15) is 53.8 Å². The van der Waals surface area contributed by atoms with Crippen LogP contribution in [0.15, 0.2) is 40.8 Å². The molecular formula is C24H23ClN2O2S. The van der Waals surface area contributed by atoms with Gasteiger partial charge in [-0.05, 0) is 72.6 Å². The monoisotopic (exact) mass is 438 g/mol. The highest BCUT2D eigenvalue weighted by atomic mass is 35.5. The summed E-state index contributed by atoms with van der Waals surface area (Å²) in [5.74, 6) is 1.03. The highest BCUT2D eigenvalue weighted by Crippen LogP contribution is 2.44. The average molecular weight is 439 g/mol. The lowest BCUT2D eigenvalue weighted by Gasteiger charge is -2.33. The molecule has 0 spiro atoms. The number of amides is 1. The van der Waals surface area contributed by atoms with Crippen molar-refractivity contribution in [2.45, 2.75) is 40.0 Å². The number of carbonyl (C=O) groups is 1. The molecule has 0 radical (unpaired) electrons. The zero-order chi connectivity index (χ0) is 21.5. The number of fused-ring (bicyclic) bond motifs is 1. The SMILES string of the molecule is CC(C)(C)C1CCc2c(sc(NC(=O)c3ccc(-c4ccc(Cl)cc4)o3)c2C#N)C1. The van der Waals surface area contributed by atoms with Crippen molar-refractivity contribution in [1.82, 2.24) is 0 Å². The van der Waals surface area contributed by atoms with E-state index in [0.717, 1.165) is 30.4 Å². The molecule has 2 aromatic heterocycles. The third-order valence-corrected chi connectivity index (χ3v) is 7.21. The third-order valence-electron chi connectivity index (χ3n) is 5.79. The molecule has 1 aliphatic carbocycles. The van der Waals surface area contributed by atoms with Crippen LogP contribution in [0.3, 0.4) is 0 Å². The van der Waals surface area contributed by atoms with Crippen LogP contribution < -0.4 is 5.32 Å². The fourth-order valence-electron chi connectivity index (χ4n) is 3.93. The van der Waals surface area contributed by atoms with Gasteiger partial charge in [0, 0.05) is 15.5 Å². The molecule has 1 amide bonds. The van der Waals surface area contributed by atoms with E-state index in [1.165, 1.54) is 16.2 Å². The second kappa shape index (κ2) is 7.94. The second-order valence-electron chi connectivity index (χ2n) is 8.75. The minimum absolute atomic E-state index is 0.211. The largest absolute Gasteiger partial charge is 0.451 e. The Hall–Kier alpha value is -2.55. The molecule has 1 unspecified atom stereocenters. The Labute approximate surface area is 185 Å². The first-order valence-electron chi connectivity index (χ1n) is 9.98. The van der Waals surface area contributed by atoms with Gasteiger partial charge in [-0.15, -0.1) is 11.3 Å². The number of carbonyl (C=O) groups excluding carboxylic acids is 1. The molecule has 6 heteroatoms. The third kappa shape index (κ3) is 4.03. The van der Waals surface area contributed by atoms with Crippen LogP contribution in [0.2, 0.25) is 5.02 Å². The van der Waals surface area contributed by atoms with Crippen molar-refractivity contribution in [2.75, 3.05) is 5.32 Å². The Morgan fingerprint density at radius 2 is 1.97 bits per heavy atom. The zero-order valence-corrected chi connectivity index (χ0v) is 18.8. The molecule has 1 atom stereocenters. The van der Waals surface area contributed by atoms with Crippen LogP contribution in [0.25, 0.3) is 11.3 Å². The quantitative estimate of drug-likeness (QED) is 0.481. The maximum absolute atomic E-state index is 12.8. The Morgan fingerprint density at radius 1 is 1.23 bits per heavy atom. The van der Waals surface area contributed by atoms with Crippen molar-refractivity contribution in [3.63, 3.8) is 0 Å². The van der Waals surface area contributed by atoms with Gasteiger partial charge < -0.3 is 9.73 Å². The van der Waals surface area contributed by atoms with E-state index in [-0.39, 0.29) is 17.1 Å². The molecule has 0 bridgehead atoms. The summed E-state index contributed by atoms with van der Waals surface area (Å²) in [6, 6.07) is 13.0. The van der Waals surface area contributed by atoms with E-state index in [1.54, 1.807) is 24.3 Å². The molecule has 0 saturated carbocycles. The Balaban J connectivity index is 1.55. The molecule has 154 valence electrons. The summed E-state index contributed by atoms with van der Waals surface area (Å²) in [5.41, 5.74) is 2.76. The van der Waals surface area contributed by atoms with E-state index in [9.17, 15) is 10.1 Å². The molecule has 1 aromatic carbocycles. The fraction of sp³-hybridized carbons (Fsp3) is 0.333. The number of furan rings is 1. The van der Waals surface area contributed by atoms with Gasteiger partial charge in [0.25, 0.3) is 5.91 Å². The van der Waals surface area contributed by atoms with E-state index < -0.39 is 0 Å². The minimum Gasteiger partial charge on any atom is -0.451 e. The van der Waals surface area contributed by atoms with Crippen molar-refractivity contribution in [3.8, 4) is 17.4 Å². The van der Waals surface area contributed by atoms with Crippen molar-refractivity contribution in [1.29, 1.82) is 5.26 Å². The lowest BCUT2D eigenvalue weighted by atomic mass is 9.72. The van der Waals surface area contributed by atoms with Crippen LogP contribution in [0, 0.1) is 22.7 Å². The molecule has 0 aliphatic heterocycles. The number of benzene rings is 1. The number of nitriles is 1. The summed E-state index contributed by atoms with van der Waals surface area (Å²) < 4.78 is 5.75. The molecular weight excluding hydrogens is 416 g/mol. The van der Waals surface area contributed by atoms with Crippen LogP contribution in [0.4, 0.5) is 5.00 Å². The first kappa shape index (κ1) is 20.7. The van der Waals surface area contributed by atoms with Gasteiger partial charge in [0.1, 0.15) is 16.8 Å². The van der Waals surface area contributed by atoms with Gasteiger partial charge >= 0.3 is 0 Å². The minimum atomic E-state index is -0.349. The van der Waals surface area contributed by atoms with Gasteiger partial charge in [0.2, 0.25) is 0 Å². The molecule has 4 nitrogen and oxygen atoms in total. The van der Waals surface area contributed by atoms with Crippen molar-refractivity contribution < 1.29 is 9.21 Å². The Kier molecular flexibility index (Phi) is 5.48. The van der Waals surface area contributed by atoms with Gasteiger partial charge in [-0.25, -0.2) is 0 Å².